The third kappa shape index (κ3) is 1.67. The Kier molecular flexibility index (Phi) is 2.44. The molecule has 0 aromatic heterocycles. The smallest absolute Gasteiger partial charge is 0.109 e. The van der Waals surface area contributed by atoms with Crippen LogP contribution in [0.2, 0.25) is 0 Å². The third-order valence-electron chi connectivity index (χ3n) is 1.37. The van der Waals surface area contributed by atoms with Gasteiger partial charge in [-0.1, -0.05) is 42.1 Å². The molecule has 11 heavy (non-hydrogen) atoms. The topological polar surface area (TPSA) is 32.6 Å². The molecule has 0 amide bonds. The maximum absolute atomic E-state index is 8.50. The SMILES string of the molecule is C=C/C(=N\O)c1ccccc1. The van der Waals surface area contributed by atoms with E-state index in [4.69, 9.17) is 5.21 Å². The van der Waals surface area contributed by atoms with E-state index in [9.17, 15) is 0 Å². The van der Waals surface area contributed by atoms with E-state index >= 15 is 0 Å². The van der Waals surface area contributed by atoms with Gasteiger partial charge in [0.15, 0.2) is 0 Å². The number of allylic oxidation sites excluding steroid dienone is 1. The molecular formula is C9H9NO. The Morgan fingerprint density at radius 2 is 2.00 bits per heavy atom. The number of oxime groups is 1. The van der Waals surface area contributed by atoms with Crippen molar-refractivity contribution < 1.29 is 5.21 Å². The van der Waals surface area contributed by atoms with Gasteiger partial charge >= 0.3 is 0 Å². The van der Waals surface area contributed by atoms with Crippen LogP contribution in [0.3, 0.4) is 0 Å². The maximum Gasteiger partial charge on any atom is 0.109 e. The zero-order valence-corrected chi connectivity index (χ0v) is 6.07. The predicted octanol–water partition coefficient (Wildman–Crippen LogP) is 2.05. The lowest BCUT2D eigenvalue weighted by atomic mass is 10.1. The predicted molar refractivity (Wildman–Crippen MR) is 45.0 cm³/mol. The van der Waals surface area contributed by atoms with Gasteiger partial charge in [0, 0.05) is 5.56 Å². The van der Waals surface area contributed by atoms with Crippen molar-refractivity contribution in [2.24, 2.45) is 5.16 Å². The molecule has 0 saturated heterocycles. The van der Waals surface area contributed by atoms with Gasteiger partial charge in [-0.15, -0.1) is 0 Å². The van der Waals surface area contributed by atoms with E-state index in [0.717, 1.165) is 5.56 Å². The summed E-state index contributed by atoms with van der Waals surface area (Å²) in [4.78, 5) is 0. The first-order valence-electron chi connectivity index (χ1n) is 3.28. The van der Waals surface area contributed by atoms with Crippen LogP contribution in [0.1, 0.15) is 5.56 Å². The van der Waals surface area contributed by atoms with Crippen LogP contribution in [0.25, 0.3) is 0 Å². The highest BCUT2D eigenvalue weighted by atomic mass is 16.4. The molecule has 56 valence electrons. The summed E-state index contributed by atoms with van der Waals surface area (Å²) in [6.45, 7) is 3.52. The van der Waals surface area contributed by atoms with Crippen LogP contribution in [0, 0.1) is 0 Å². The summed E-state index contributed by atoms with van der Waals surface area (Å²) in [5, 5.41) is 11.6. The standard InChI is InChI=1S/C9H9NO/c1-2-9(10-11)8-6-4-3-5-7-8/h2-7,11H,1H2/b10-9+. The summed E-state index contributed by atoms with van der Waals surface area (Å²) in [6, 6.07) is 9.38. The highest BCUT2D eigenvalue weighted by molar-refractivity contribution is 6.07. The van der Waals surface area contributed by atoms with Crippen molar-refractivity contribution in [3.05, 3.63) is 48.6 Å². The first-order valence-corrected chi connectivity index (χ1v) is 3.28. The van der Waals surface area contributed by atoms with E-state index in [1.165, 1.54) is 6.08 Å². The minimum absolute atomic E-state index is 0.491. The van der Waals surface area contributed by atoms with Crippen molar-refractivity contribution in [3.63, 3.8) is 0 Å². The van der Waals surface area contributed by atoms with E-state index in [0.29, 0.717) is 5.71 Å². The first-order chi connectivity index (χ1) is 5.38. The molecule has 0 fully saturated rings. The van der Waals surface area contributed by atoms with E-state index in [2.05, 4.69) is 11.7 Å². The molecule has 2 heteroatoms. The summed E-state index contributed by atoms with van der Waals surface area (Å²) in [6.07, 6.45) is 1.51. The molecule has 1 aromatic rings. The normalized spacial score (nSPS) is 11.1. The quantitative estimate of drug-likeness (QED) is 0.387. The van der Waals surface area contributed by atoms with Gasteiger partial charge in [-0.2, -0.15) is 0 Å². The molecule has 0 bridgehead atoms. The molecule has 1 N–H and O–H groups in total. The van der Waals surface area contributed by atoms with Crippen LogP contribution in [0.5, 0.6) is 0 Å². The van der Waals surface area contributed by atoms with Crippen molar-refractivity contribution in [3.8, 4) is 0 Å². The summed E-state index contributed by atoms with van der Waals surface area (Å²) >= 11 is 0. The molecule has 1 rings (SSSR count). The van der Waals surface area contributed by atoms with Gasteiger partial charge < -0.3 is 5.21 Å². The Bertz CT molecular complexity index is 264. The van der Waals surface area contributed by atoms with Gasteiger partial charge in [0.25, 0.3) is 0 Å². The summed E-state index contributed by atoms with van der Waals surface area (Å²) < 4.78 is 0. The summed E-state index contributed by atoms with van der Waals surface area (Å²) in [5.74, 6) is 0. The zero-order chi connectivity index (χ0) is 8.10. The molecule has 0 radical (unpaired) electrons. The van der Waals surface area contributed by atoms with Crippen LogP contribution in [0.4, 0.5) is 0 Å². The Morgan fingerprint density at radius 3 is 2.45 bits per heavy atom. The van der Waals surface area contributed by atoms with Crippen LogP contribution < -0.4 is 0 Å². The maximum atomic E-state index is 8.50. The van der Waals surface area contributed by atoms with Crippen LogP contribution in [-0.2, 0) is 0 Å². The molecule has 0 aliphatic heterocycles. The molecule has 0 heterocycles. The fraction of sp³-hybridized carbons (Fsp3) is 0. The second-order valence-electron chi connectivity index (χ2n) is 2.06. The largest absolute Gasteiger partial charge is 0.410 e. The van der Waals surface area contributed by atoms with Crippen molar-refractivity contribution in [2.75, 3.05) is 0 Å². The molecule has 2 nitrogen and oxygen atoms in total. The van der Waals surface area contributed by atoms with Crippen molar-refractivity contribution in [1.29, 1.82) is 0 Å². The zero-order valence-electron chi connectivity index (χ0n) is 6.07. The van der Waals surface area contributed by atoms with E-state index in [1.807, 2.05) is 30.3 Å². The molecule has 0 unspecified atom stereocenters. The van der Waals surface area contributed by atoms with Crippen molar-refractivity contribution >= 4 is 5.71 Å². The Hall–Kier alpha value is -1.57. The van der Waals surface area contributed by atoms with Gasteiger partial charge in [-0.3, -0.25) is 0 Å². The minimum Gasteiger partial charge on any atom is -0.410 e. The Labute approximate surface area is 65.5 Å². The molecule has 0 atom stereocenters. The highest BCUT2D eigenvalue weighted by Gasteiger charge is 1.95. The van der Waals surface area contributed by atoms with E-state index in [1.54, 1.807) is 0 Å². The van der Waals surface area contributed by atoms with Gasteiger partial charge in [0.2, 0.25) is 0 Å². The fourth-order valence-electron chi connectivity index (χ4n) is 0.825. The molecule has 1 aromatic carbocycles. The Morgan fingerprint density at radius 1 is 1.36 bits per heavy atom. The molecule has 0 saturated carbocycles. The minimum atomic E-state index is 0.491. The lowest BCUT2D eigenvalue weighted by Crippen LogP contribution is -1.94. The second kappa shape index (κ2) is 3.56. The summed E-state index contributed by atoms with van der Waals surface area (Å²) in [7, 11) is 0. The second-order valence-corrected chi connectivity index (χ2v) is 2.06. The lowest BCUT2D eigenvalue weighted by molar-refractivity contribution is 0.320. The number of benzene rings is 1. The van der Waals surface area contributed by atoms with Crippen LogP contribution in [-0.4, -0.2) is 10.9 Å². The van der Waals surface area contributed by atoms with Gasteiger partial charge in [-0.05, 0) is 6.08 Å². The number of hydrogen-bond donors (Lipinski definition) is 1. The molecule has 0 aliphatic carbocycles. The van der Waals surface area contributed by atoms with E-state index in [-0.39, 0.29) is 0 Å². The number of hydrogen-bond acceptors (Lipinski definition) is 2. The average Bonchev–Trinajstić information content (AvgIpc) is 2.09. The van der Waals surface area contributed by atoms with E-state index < -0.39 is 0 Å². The Balaban J connectivity index is 3.01. The fourth-order valence-corrected chi connectivity index (χ4v) is 0.825. The van der Waals surface area contributed by atoms with Crippen LogP contribution in [0.15, 0.2) is 48.1 Å². The van der Waals surface area contributed by atoms with Gasteiger partial charge in [-0.25, -0.2) is 0 Å². The lowest BCUT2D eigenvalue weighted by Gasteiger charge is -1.95. The monoisotopic (exact) mass is 147 g/mol. The number of nitrogens with zero attached hydrogens (tertiary/aromatic N) is 1. The molecule has 0 aliphatic rings. The molecular weight excluding hydrogens is 138 g/mol. The number of rotatable bonds is 2. The van der Waals surface area contributed by atoms with Crippen molar-refractivity contribution in [1.82, 2.24) is 0 Å². The summed E-state index contributed by atoms with van der Waals surface area (Å²) in [5.41, 5.74) is 1.36. The van der Waals surface area contributed by atoms with Gasteiger partial charge in [0.05, 0.1) is 0 Å². The first kappa shape index (κ1) is 7.54. The third-order valence-corrected chi connectivity index (χ3v) is 1.37. The average molecular weight is 147 g/mol. The van der Waals surface area contributed by atoms with Gasteiger partial charge in [0.1, 0.15) is 5.71 Å². The van der Waals surface area contributed by atoms with Crippen molar-refractivity contribution in [2.45, 2.75) is 0 Å². The molecule has 0 spiro atoms. The highest BCUT2D eigenvalue weighted by Crippen LogP contribution is 2.00. The van der Waals surface area contributed by atoms with Crippen LogP contribution >= 0.6 is 0 Å².